The first kappa shape index (κ1) is 34.2. The average Bonchev–Trinajstić information content (AvgIpc) is 3.02. The standard InChI is InChI=1S/C32H48N2O10/c35-31-27-3-1-5-29(31)43-23-21-41-19-20-42-22-24-44-30-6-2-4-28(32(30)36)26-34-9-13-39-17-15-37-11-7-33(25-27)8-12-38-16-18-40-14-10-34/h1-6,35-36H,7-26H2. The van der Waals surface area contributed by atoms with E-state index >= 15 is 0 Å². The van der Waals surface area contributed by atoms with E-state index in [1.807, 2.05) is 24.3 Å². The lowest BCUT2D eigenvalue weighted by molar-refractivity contribution is 0.00606. The van der Waals surface area contributed by atoms with E-state index in [0.29, 0.717) is 143 Å². The van der Waals surface area contributed by atoms with Crippen molar-refractivity contribution in [2.45, 2.75) is 13.1 Å². The Morgan fingerprint density at radius 3 is 1.09 bits per heavy atom. The summed E-state index contributed by atoms with van der Waals surface area (Å²) < 4.78 is 46.3. The first-order valence-corrected chi connectivity index (χ1v) is 15.5. The van der Waals surface area contributed by atoms with Crippen molar-refractivity contribution in [2.24, 2.45) is 0 Å². The van der Waals surface area contributed by atoms with Gasteiger partial charge in [-0.1, -0.05) is 24.3 Å². The third-order valence-corrected chi connectivity index (χ3v) is 7.25. The normalized spacial score (nSPS) is 23.5. The molecule has 0 atom stereocenters. The second kappa shape index (κ2) is 20.4. The third-order valence-electron chi connectivity index (χ3n) is 7.25. The average molecular weight is 621 g/mol. The molecule has 0 aliphatic carbocycles. The van der Waals surface area contributed by atoms with Crippen LogP contribution in [0, 0.1) is 0 Å². The van der Waals surface area contributed by atoms with E-state index in [1.165, 1.54) is 0 Å². The number of phenols is 2. The monoisotopic (exact) mass is 620 g/mol. The fraction of sp³-hybridized carbons (Fsp3) is 0.625. The SMILES string of the molecule is Oc1c2cccc1OCCOCCOCCOc1cccc(c1O)CN1CCOCCOCCN(CCOCCOCC1)C2. The van der Waals surface area contributed by atoms with E-state index in [1.54, 1.807) is 12.1 Å². The lowest BCUT2D eigenvalue weighted by atomic mass is 10.1. The number of benzene rings is 2. The van der Waals surface area contributed by atoms with Gasteiger partial charge in [-0.3, -0.25) is 9.80 Å². The van der Waals surface area contributed by atoms with Crippen LogP contribution in [0.15, 0.2) is 36.4 Å². The second-order valence-corrected chi connectivity index (χ2v) is 10.5. The molecule has 12 heteroatoms. The Kier molecular flexibility index (Phi) is 15.8. The van der Waals surface area contributed by atoms with E-state index in [2.05, 4.69) is 9.80 Å². The summed E-state index contributed by atoms with van der Waals surface area (Å²) >= 11 is 0. The van der Waals surface area contributed by atoms with Gasteiger partial charge < -0.3 is 48.1 Å². The summed E-state index contributed by atoms with van der Waals surface area (Å²) in [6.45, 7) is 9.83. The van der Waals surface area contributed by atoms with Gasteiger partial charge >= 0.3 is 0 Å². The Hall–Kier alpha value is -2.68. The van der Waals surface area contributed by atoms with Crippen molar-refractivity contribution >= 4 is 0 Å². The Morgan fingerprint density at radius 2 is 0.727 bits per heavy atom. The predicted molar refractivity (Wildman–Crippen MR) is 163 cm³/mol. The lowest BCUT2D eigenvalue weighted by Gasteiger charge is -2.24. The summed E-state index contributed by atoms with van der Waals surface area (Å²) in [5, 5.41) is 21.8. The number of hydrogen-bond acceptors (Lipinski definition) is 12. The summed E-state index contributed by atoms with van der Waals surface area (Å²) in [5.74, 6) is 1.08. The molecule has 2 aromatic carbocycles. The number of phenolic OH excluding ortho intramolecular Hbond substituents is 2. The van der Waals surface area contributed by atoms with Crippen molar-refractivity contribution in [1.82, 2.24) is 9.80 Å². The molecule has 3 aliphatic rings. The molecule has 0 unspecified atom stereocenters. The molecule has 1 saturated heterocycles. The minimum Gasteiger partial charge on any atom is -0.504 e. The number of ether oxygens (including phenoxy) is 8. The summed E-state index contributed by atoms with van der Waals surface area (Å²) in [4.78, 5) is 4.38. The van der Waals surface area contributed by atoms with Crippen molar-refractivity contribution in [3.63, 3.8) is 0 Å². The van der Waals surface area contributed by atoms with Gasteiger partial charge in [0.1, 0.15) is 13.2 Å². The van der Waals surface area contributed by atoms with Crippen LogP contribution in [-0.2, 0) is 41.5 Å². The number of nitrogens with zero attached hydrogens (tertiary/aromatic N) is 2. The predicted octanol–water partition coefficient (Wildman–Crippen LogP) is 2.29. The van der Waals surface area contributed by atoms with Crippen LogP contribution in [0.25, 0.3) is 0 Å². The highest BCUT2D eigenvalue weighted by Gasteiger charge is 2.15. The molecule has 44 heavy (non-hydrogen) atoms. The third kappa shape index (κ3) is 12.4. The fourth-order valence-electron chi connectivity index (χ4n) is 4.81. The molecule has 0 aromatic heterocycles. The summed E-state index contributed by atoms with van der Waals surface area (Å²) in [6, 6.07) is 11.0. The van der Waals surface area contributed by atoms with Gasteiger partial charge in [0.15, 0.2) is 23.0 Å². The highest BCUT2D eigenvalue weighted by Crippen LogP contribution is 2.31. The molecule has 1 fully saturated rings. The Morgan fingerprint density at radius 1 is 0.409 bits per heavy atom. The first-order valence-electron chi connectivity index (χ1n) is 15.5. The molecule has 3 heterocycles. The van der Waals surface area contributed by atoms with Gasteiger partial charge in [-0.2, -0.15) is 0 Å². The van der Waals surface area contributed by atoms with Crippen LogP contribution >= 0.6 is 0 Å². The fourth-order valence-corrected chi connectivity index (χ4v) is 4.81. The molecule has 5 rings (SSSR count). The van der Waals surface area contributed by atoms with E-state index in [-0.39, 0.29) is 11.5 Å². The van der Waals surface area contributed by atoms with Crippen LogP contribution in [-0.4, -0.2) is 139 Å². The molecule has 246 valence electrons. The molecule has 6 bridgehead atoms. The number of aromatic hydroxyl groups is 2. The molecule has 0 spiro atoms. The molecular formula is C32H48N2O10. The highest BCUT2D eigenvalue weighted by molar-refractivity contribution is 5.46. The zero-order chi connectivity index (χ0) is 30.7. The van der Waals surface area contributed by atoms with Gasteiger partial charge in [-0.15, -0.1) is 0 Å². The van der Waals surface area contributed by atoms with E-state index < -0.39 is 0 Å². The quantitative estimate of drug-likeness (QED) is 0.421. The zero-order valence-electron chi connectivity index (χ0n) is 25.7. The number of rotatable bonds is 0. The Labute approximate surface area is 260 Å². The van der Waals surface area contributed by atoms with Crippen molar-refractivity contribution in [3.05, 3.63) is 47.5 Å². The smallest absolute Gasteiger partial charge is 0.162 e. The van der Waals surface area contributed by atoms with Crippen molar-refractivity contribution in [3.8, 4) is 23.0 Å². The molecule has 0 radical (unpaired) electrons. The Bertz CT molecular complexity index is 972. The lowest BCUT2D eigenvalue weighted by Crippen LogP contribution is -2.32. The van der Waals surface area contributed by atoms with E-state index in [0.717, 1.165) is 11.1 Å². The van der Waals surface area contributed by atoms with Crippen molar-refractivity contribution < 1.29 is 48.1 Å². The van der Waals surface area contributed by atoms with E-state index in [4.69, 9.17) is 37.9 Å². The summed E-state index contributed by atoms with van der Waals surface area (Å²) in [5.41, 5.74) is 1.54. The van der Waals surface area contributed by atoms with Gasteiger partial charge in [-0.25, -0.2) is 0 Å². The number of hydrogen-bond donors (Lipinski definition) is 2. The topological polar surface area (TPSA) is 121 Å². The molecule has 0 amide bonds. The van der Waals surface area contributed by atoms with Gasteiger partial charge in [0.05, 0.1) is 79.3 Å². The minimum absolute atomic E-state index is 0.123. The maximum absolute atomic E-state index is 10.9. The molecule has 3 aliphatic heterocycles. The van der Waals surface area contributed by atoms with Crippen LogP contribution in [0.3, 0.4) is 0 Å². The zero-order valence-corrected chi connectivity index (χ0v) is 25.7. The highest BCUT2D eigenvalue weighted by atomic mass is 16.6. The minimum atomic E-state index is 0.123. The maximum Gasteiger partial charge on any atom is 0.162 e. The van der Waals surface area contributed by atoms with Gasteiger partial charge in [0.25, 0.3) is 0 Å². The maximum atomic E-state index is 10.9. The summed E-state index contributed by atoms with van der Waals surface area (Å²) in [6.07, 6.45) is 0. The van der Waals surface area contributed by atoms with Crippen LogP contribution in [0.2, 0.25) is 0 Å². The van der Waals surface area contributed by atoms with Crippen molar-refractivity contribution in [1.29, 1.82) is 0 Å². The molecule has 2 N–H and O–H groups in total. The number of fused-ring (bicyclic) bond motifs is 23. The van der Waals surface area contributed by atoms with Gasteiger partial charge in [0, 0.05) is 50.4 Å². The second-order valence-electron chi connectivity index (χ2n) is 10.5. The first-order chi connectivity index (χ1) is 21.7. The number of para-hydroxylation sites is 2. The molecule has 2 aromatic rings. The summed E-state index contributed by atoms with van der Waals surface area (Å²) in [7, 11) is 0. The van der Waals surface area contributed by atoms with Crippen LogP contribution in [0.4, 0.5) is 0 Å². The Balaban J connectivity index is 1.43. The van der Waals surface area contributed by atoms with Crippen LogP contribution in [0.5, 0.6) is 23.0 Å². The van der Waals surface area contributed by atoms with Crippen LogP contribution < -0.4 is 9.47 Å². The molecule has 0 saturated carbocycles. The van der Waals surface area contributed by atoms with Gasteiger partial charge in [0.2, 0.25) is 0 Å². The van der Waals surface area contributed by atoms with Crippen LogP contribution in [0.1, 0.15) is 11.1 Å². The largest absolute Gasteiger partial charge is 0.504 e. The van der Waals surface area contributed by atoms with Crippen molar-refractivity contribution in [2.75, 3.05) is 119 Å². The molecule has 12 nitrogen and oxygen atoms in total. The van der Waals surface area contributed by atoms with E-state index in [9.17, 15) is 10.2 Å². The van der Waals surface area contributed by atoms with Gasteiger partial charge in [-0.05, 0) is 12.1 Å². The molecular weight excluding hydrogens is 572 g/mol.